The van der Waals surface area contributed by atoms with Gasteiger partial charge in [-0.25, -0.2) is 9.97 Å². The summed E-state index contributed by atoms with van der Waals surface area (Å²) in [5.74, 6) is 0.0592. The fourth-order valence-corrected chi connectivity index (χ4v) is 1.62. The first-order chi connectivity index (χ1) is 7.66. The summed E-state index contributed by atoms with van der Waals surface area (Å²) in [6, 6.07) is 0.0480. The molecule has 0 saturated carbocycles. The molecule has 1 aliphatic heterocycles. The molecule has 1 aromatic heterocycles. The second kappa shape index (κ2) is 4.44. The van der Waals surface area contributed by atoms with Crippen molar-refractivity contribution >= 4 is 11.7 Å². The molecule has 2 heterocycles. The summed E-state index contributed by atoms with van der Waals surface area (Å²) in [6.45, 7) is 2.62. The van der Waals surface area contributed by atoms with E-state index in [4.69, 9.17) is 10.5 Å². The highest BCUT2D eigenvalue weighted by molar-refractivity contribution is 5.92. The van der Waals surface area contributed by atoms with Crippen LogP contribution in [0.3, 0.4) is 0 Å². The summed E-state index contributed by atoms with van der Waals surface area (Å²) >= 11 is 0. The van der Waals surface area contributed by atoms with Crippen molar-refractivity contribution in [2.24, 2.45) is 0 Å². The SMILES string of the molecule is CC1OCCC1NC(=O)c1cnc(N)cn1. The highest BCUT2D eigenvalue weighted by Crippen LogP contribution is 2.12. The van der Waals surface area contributed by atoms with Crippen LogP contribution < -0.4 is 11.1 Å². The van der Waals surface area contributed by atoms with Gasteiger partial charge in [0.25, 0.3) is 5.91 Å². The van der Waals surface area contributed by atoms with Gasteiger partial charge in [-0.05, 0) is 13.3 Å². The number of hydrogen-bond acceptors (Lipinski definition) is 5. The zero-order chi connectivity index (χ0) is 11.5. The van der Waals surface area contributed by atoms with E-state index in [1.165, 1.54) is 12.4 Å². The minimum absolute atomic E-state index is 0.0469. The van der Waals surface area contributed by atoms with Gasteiger partial charge in [0.05, 0.1) is 24.5 Å². The van der Waals surface area contributed by atoms with Gasteiger partial charge in [0.15, 0.2) is 0 Å². The zero-order valence-corrected chi connectivity index (χ0v) is 9.01. The Morgan fingerprint density at radius 3 is 2.94 bits per heavy atom. The van der Waals surface area contributed by atoms with Crippen molar-refractivity contribution < 1.29 is 9.53 Å². The number of hydrogen-bond donors (Lipinski definition) is 2. The van der Waals surface area contributed by atoms with Gasteiger partial charge in [-0.15, -0.1) is 0 Å². The van der Waals surface area contributed by atoms with Gasteiger partial charge < -0.3 is 15.8 Å². The van der Waals surface area contributed by atoms with Crippen LogP contribution in [0.15, 0.2) is 12.4 Å². The van der Waals surface area contributed by atoms with Crippen molar-refractivity contribution in [2.75, 3.05) is 12.3 Å². The van der Waals surface area contributed by atoms with E-state index in [-0.39, 0.29) is 23.7 Å². The van der Waals surface area contributed by atoms with Crippen LogP contribution in [0.5, 0.6) is 0 Å². The maximum atomic E-state index is 11.7. The maximum Gasteiger partial charge on any atom is 0.271 e. The predicted molar refractivity (Wildman–Crippen MR) is 57.7 cm³/mol. The van der Waals surface area contributed by atoms with Crippen LogP contribution in [-0.4, -0.2) is 34.6 Å². The number of amides is 1. The molecule has 16 heavy (non-hydrogen) atoms. The van der Waals surface area contributed by atoms with E-state index in [0.717, 1.165) is 6.42 Å². The molecule has 2 unspecified atom stereocenters. The maximum absolute atomic E-state index is 11.7. The lowest BCUT2D eigenvalue weighted by Gasteiger charge is -2.15. The van der Waals surface area contributed by atoms with Gasteiger partial charge in [-0.1, -0.05) is 0 Å². The van der Waals surface area contributed by atoms with Gasteiger partial charge in [0.1, 0.15) is 11.5 Å². The first-order valence-corrected chi connectivity index (χ1v) is 5.17. The monoisotopic (exact) mass is 222 g/mol. The normalized spacial score (nSPS) is 24.3. The summed E-state index contributed by atoms with van der Waals surface area (Å²) < 4.78 is 5.35. The van der Waals surface area contributed by atoms with E-state index in [1.807, 2.05) is 6.92 Å². The highest BCUT2D eigenvalue weighted by Gasteiger charge is 2.26. The third-order valence-electron chi connectivity index (χ3n) is 2.60. The third-order valence-corrected chi connectivity index (χ3v) is 2.60. The lowest BCUT2D eigenvalue weighted by Crippen LogP contribution is -2.39. The summed E-state index contributed by atoms with van der Waals surface area (Å²) in [5.41, 5.74) is 5.66. The van der Waals surface area contributed by atoms with Crippen LogP contribution in [-0.2, 0) is 4.74 Å². The number of nitrogens with two attached hydrogens (primary N) is 1. The van der Waals surface area contributed by atoms with Crippen molar-refractivity contribution in [3.05, 3.63) is 18.1 Å². The summed E-state index contributed by atoms with van der Waals surface area (Å²) in [5, 5.41) is 2.86. The molecule has 2 atom stereocenters. The predicted octanol–water partition coefficient (Wildman–Crippen LogP) is -0.0340. The lowest BCUT2D eigenvalue weighted by molar-refractivity contribution is 0.0861. The Labute approximate surface area is 93.2 Å². The van der Waals surface area contributed by atoms with Crippen LogP contribution in [0.4, 0.5) is 5.82 Å². The van der Waals surface area contributed by atoms with Crippen molar-refractivity contribution in [3.63, 3.8) is 0 Å². The Bertz CT molecular complexity index is 379. The number of ether oxygens (including phenoxy) is 1. The molecule has 0 aliphatic carbocycles. The number of anilines is 1. The Kier molecular flexibility index (Phi) is 3.00. The van der Waals surface area contributed by atoms with E-state index >= 15 is 0 Å². The molecule has 3 N–H and O–H groups in total. The van der Waals surface area contributed by atoms with Crippen molar-refractivity contribution in [3.8, 4) is 0 Å². The number of rotatable bonds is 2. The van der Waals surface area contributed by atoms with Gasteiger partial charge >= 0.3 is 0 Å². The van der Waals surface area contributed by atoms with Crippen molar-refractivity contribution in [2.45, 2.75) is 25.5 Å². The molecule has 1 fully saturated rings. The molecule has 0 radical (unpaired) electrons. The molecule has 6 nitrogen and oxygen atoms in total. The number of nitrogens with zero attached hydrogens (tertiary/aromatic N) is 2. The Morgan fingerprint density at radius 1 is 1.56 bits per heavy atom. The Hall–Kier alpha value is -1.69. The first kappa shape index (κ1) is 10.8. The molecule has 0 bridgehead atoms. The number of carbonyl (C=O) groups excluding carboxylic acids is 1. The molecule has 86 valence electrons. The molecule has 1 aromatic rings. The van der Waals surface area contributed by atoms with Gasteiger partial charge in [-0.2, -0.15) is 0 Å². The average Bonchev–Trinajstić information content (AvgIpc) is 2.65. The quantitative estimate of drug-likeness (QED) is 0.733. The minimum Gasteiger partial charge on any atom is -0.382 e. The Morgan fingerprint density at radius 2 is 2.38 bits per heavy atom. The number of nitrogen functional groups attached to an aromatic ring is 1. The lowest BCUT2D eigenvalue weighted by atomic mass is 10.1. The van der Waals surface area contributed by atoms with Crippen LogP contribution in [0.2, 0.25) is 0 Å². The number of aromatic nitrogens is 2. The van der Waals surface area contributed by atoms with E-state index in [0.29, 0.717) is 12.4 Å². The van der Waals surface area contributed by atoms with Crippen molar-refractivity contribution in [1.29, 1.82) is 0 Å². The molecule has 1 saturated heterocycles. The minimum atomic E-state index is -0.241. The fraction of sp³-hybridized carbons (Fsp3) is 0.500. The largest absolute Gasteiger partial charge is 0.382 e. The second-order valence-electron chi connectivity index (χ2n) is 3.77. The smallest absolute Gasteiger partial charge is 0.271 e. The van der Waals surface area contributed by atoms with Gasteiger partial charge in [0, 0.05) is 6.61 Å². The van der Waals surface area contributed by atoms with E-state index in [2.05, 4.69) is 15.3 Å². The first-order valence-electron chi connectivity index (χ1n) is 5.17. The molecule has 1 aliphatic rings. The highest BCUT2D eigenvalue weighted by atomic mass is 16.5. The van der Waals surface area contributed by atoms with Crippen molar-refractivity contribution in [1.82, 2.24) is 15.3 Å². The summed E-state index contributed by atoms with van der Waals surface area (Å²) in [4.78, 5) is 19.5. The van der Waals surface area contributed by atoms with Crippen LogP contribution >= 0.6 is 0 Å². The average molecular weight is 222 g/mol. The van der Waals surface area contributed by atoms with Gasteiger partial charge in [0.2, 0.25) is 0 Å². The van der Waals surface area contributed by atoms with E-state index in [1.54, 1.807) is 0 Å². The number of nitrogens with one attached hydrogen (secondary N) is 1. The molecule has 2 rings (SSSR count). The molecule has 6 heteroatoms. The standard InChI is InChI=1S/C10H14N4O2/c1-6-7(2-3-16-6)14-10(15)8-4-13-9(11)5-12-8/h4-7H,2-3H2,1H3,(H2,11,13)(H,14,15). The molecular formula is C10H14N4O2. The molecule has 1 amide bonds. The van der Waals surface area contributed by atoms with Gasteiger partial charge in [-0.3, -0.25) is 4.79 Å². The summed E-state index contributed by atoms with van der Waals surface area (Å²) in [6.07, 6.45) is 3.61. The number of carbonyl (C=O) groups is 1. The molecular weight excluding hydrogens is 208 g/mol. The molecule has 0 spiro atoms. The van der Waals surface area contributed by atoms with Crippen LogP contribution in [0.25, 0.3) is 0 Å². The van der Waals surface area contributed by atoms with Crippen LogP contribution in [0.1, 0.15) is 23.8 Å². The third kappa shape index (κ3) is 2.27. The fourth-order valence-electron chi connectivity index (χ4n) is 1.62. The zero-order valence-electron chi connectivity index (χ0n) is 9.01. The van der Waals surface area contributed by atoms with Crippen LogP contribution in [0, 0.1) is 0 Å². The summed E-state index contributed by atoms with van der Waals surface area (Å²) in [7, 11) is 0. The second-order valence-corrected chi connectivity index (χ2v) is 3.77. The Balaban J connectivity index is 2.00. The van der Waals surface area contributed by atoms with E-state index in [9.17, 15) is 4.79 Å². The van der Waals surface area contributed by atoms with E-state index < -0.39 is 0 Å². The molecule has 0 aromatic carbocycles. The topological polar surface area (TPSA) is 90.1 Å².